The average Bonchev–Trinajstić information content (AvgIpc) is 2.03. The summed E-state index contributed by atoms with van der Waals surface area (Å²) in [7, 11) is 0.0864. The van der Waals surface area contributed by atoms with Gasteiger partial charge in [-0.2, -0.15) is 0 Å². The van der Waals surface area contributed by atoms with Crippen molar-refractivity contribution in [3.05, 3.63) is 29.8 Å². The van der Waals surface area contributed by atoms with Crippen molar-refractivity contribution >= 4 is 9.03 Å². The molecular weight excluding hydrogens is 183 g/mol. The van der Waals surface area contributed by atoms with Crippen LogP contribution >= 0.6 is 9.03 Å². The fraction of sp³-hybridized carbons (Fsp3) is 0.400. The average molecular weight is 198 g/mol. The molecule has 0 spiro atoms. The van der Waals surface area contributed by atoms with E-state index in [1.54, 1.807) is 0 Å². The standard InChI is InChI=1S/C10H15O2P/c1-8(2)11-13-12-10-6-4-5-9(3)7-10/h4-8,13H,1-3H3. The third-order valence-corrected chi connectivity index (χ3v) is 2.32. The number of aryl methyl sites for hydroxylation is 1. The molecule has 1 unspecified atom stereocenters. The summed E-state index contributed by atoms with van der Waals surface area (Å²) in [5.41, 5.74) is 1.20. The summed E-state index contributed by atoms with van der Waals surface area (Å²) in [6.07, 6.45) is 0.225. The van der Waals surface area contributed by atoms with Gasteiger partial charge in [0, 0.05) is 0 Å². The van der Waals surface area contributed by atoms with Gasteiger partial charge in [0.05, 0.1) is 6.10 Å². The lowest BCUT2D eigenvalue weighted by Gasteiger charge is -2.08. The zero-order valence-corrected chi connectivity index (χ0v) is 9.20. The van der Waals surface area contributed by atoms with Crippen LogP contribution in [0.5, 0.6) is 5.75 Å². The highest BCUT2D eigenvalue weighted by Crippen LogP contribution is 2.23. The van der Waals surface area contributed by atoms with E-state index in [1.165, 1.54) is 5.56 Å². The Kier molecular flexibility index (Phi) is 4.20. The molecule has 72 valence electrons. The highest BCUT2D eigenvalue weighted by molar-refractivity contribution is 7.26. The SMILES string of the molecule is Cc1cccc(OPOC(C)C)c1. The lowest BCUT2D eigenvalue weighted by molar-refractivity contribution is 0.256. The van der Waals surface area contributed by atoms with Gasteiger partial charge in [0.25, 0.3) is 0 Å². The molecule has 0 aliphatic carbocycles. The van der Waals surface area contributed by atoms with E-state index in [1.807, 2.05) is 45.0 Å². The predicted octanol–water partition coefficient (Wildman–Crippen LogP) is 3.31. The van der Waals surface area contributed by atoms with Crippen molar-refractivity contribution in [2.24, 2.45) is 0 Å². The quantitative estimate of drug-likeness (QED) is 0.691. The van der Waals surface area contributed by atoms with Crippen molar-refractivity contribution in [1.82, 2.24) is 0 Å². The molecule has 0 heterocycles. The van der Waals surface area contributed by atoms with Crippen LogP contribution in [-0.4, -0.2) is 6.10 Å². The molecule has 0 aliphatic heterocycles. The fourth-order valence-corrected chi connectivity index (χ4v) is 1.31. The van der Waals surface area contributed by atoms with E-state index in [2.05, 4.69) is 0 Å². The molecule has 1 aromatic carbocycles. The minimum Gasteiger partial charge on any atom is -0.450 e. The third kappa shape index (κ3) is 4.25. The minimum atomic E-state index is 0.0864. The Balaban J connectivity index is 2.37. The molecule has 0 aromatic heterocycles. The fourth-order valence-electron chi connectivity index (χ4n) is 0.847. The van der Waals surface area contributed by atoms with Crippen LogP contribution in [0.2, 0.25) is 0 Å². The number of hydrogen-bond acceptors (Lipinski definition) is 2. The van der Waals surface area contributed by atoms with Crippen LogP contribution in [0.15, 0.2) is 24.3 Å². The van der Waals surface area contributed by atoms with E-state index >= 15 is 0 Å². The minimum absolute atomic E-state index is 0.0864. The molecule has 0 radical (unpaired) electrons. The summed E-state index contributed by atoms with van der Waals surface area (Å²) in [6, 6.07) is 7.95. The van der Waals surface area contributed by atoms with Gasteiger partial charge in [-0.1, -0.05) is 12.1 Å². The van der Waals surface area contributed by atoms with Crippen molar-refractivity contribution in [3.8, 4) is 5.75 Å². The molecule has 0 fully saturated rings. The highest BCUT2D eigenvalue weighted by Gasteiger charge is 1.96. The first-order valence-electron chi connectivity index (χ1n) is 4.32. The maximum Gasteiger partial charge on any atom is 0.215 e. The van der Waals surface area contributed by atoms with Crippen molar-refractivity contribution in [1.29, 1.82) is 0 Å². The molecular formula is C10H15O2P. The van der Waals surface area contributed by atoms with Gasteiger partial charge in [0.2, 0.25) is 9.03 Å². The van der Waals surface area contributed by atoms with Crippen molar-refractivity contribution in [2.75, 3.05) is 0 Å². The highest BCUT2D eigenvalue weighted by atomic mass is 31.1. The van der Waals surface area contributed by atoms with E-state index in [4.69, 9.17) is 9.05 Å². The molecule has 1 aromatic rings. The normalized spacial score (nSPS) is 11.4. The zero-order chi connectivity index (χ0) is 9.68. The first-order valence-corrected chi connectivity index (χ1v) is 5.14. The second-order valence-corrected chi connectivity index (χ2v) is 3.78. The Morgan fingerprint density at radius 3 is 2.69 bits per heavy atom. The zero-order valence-electron chi connectivity index (χ0n) is 8.20. The first kappa shape index (κ1) is 10.5. The molecule has 1 atom stereocenters. The van der Waals surface area contributed by atoms with Gasteiger partial charge in [-0.05, 0) is 38.5 Å². The second-order valence-electron chi connectivity index (χ2n) is 3.17. The van der Waals surface area contributed by atoms with Crippen LogP contribution < -0.4 is 4.52 Å². The van der Waals surface area contributed by atoms with Crippen molar-refractivity contribution in [3.63, 3.8) is 0 Å². The van der Waals surface area contributed by atoms with Gasteiger partial charge in [-0.25, -0.2) is 0 Å². The number of rotatable bonds is 4. The van der Waals surface area contributed by atoms with Crippen molar-refractivity contribution in [2.45, 2.75) is 26.9 Å². The van der Waals surface area contributed by atoms with Crippen LogP contribution in [0.1, 0.15) is 19.4 Å². The van der Waals surface area contributed by atoms with E-state index in [9.17, 15) is 0 Å². The summed E-state index contributed by atoms with van der Waals surface area (Å²) in [6.45, 7) is 6.03. The summed E-state index contributed by atoms with van der Waals surface area (Å²) >= 11 is 0. The van der Waals surface area contributed by atoms with Crippen molar-refractivity contribution < 1.29 is 9.05 Å². The molecule has 0 aliphatic rings. The Hall–Kier alpha value is -0.590. The Morgan fingerprint density at radius 2 is 2.08 bits per heavy atom. The van der Waals surface area contributed by atoms with Crippen LogP contribution in [0, 0.1) is 6.92 Å². The van der Waals surface area contributed by atoms with Crippen LogP contribution in [0.25, 0.3) is 0 Å². The lowest BCUT2D eigenvalue weighted by atomic mass is 10.2. The molecule has 0 saturated carbocycles. The van der Waals surface area contributed by atoms with E-state index in [0.717, 1.165) is 5.75 Å². The van der Waals surface area contributed by atoms with Gasteiger partial charge in [-0.3, -0.25) is 0 Å². The first-order chi connectivity index (χ1) is 6.18. The molecule has 0 saturated heterocycles. The second kappa shape index (κ2) is 5.21. The van der Waals surface area contributed by atoms with E-state index < -0.39 is 0 Å². The largest absolute Gasteiger partial charge is 0.450 e. The third-order valence-electron chi connectivity index (χ3n) is 1.43. The molecule has 0 N–H and O–H groups in total. The maximum absolute atomic E-state index is 5.40. The number of benzene rings is 1. The number of hydrogen-bond donors (Lipinski definition) is 0. The summed E-state index contributed by atoms with van der Waals surface area (Å²) < 4.78 is 10.7. The van der Waals surface area contributed by atoms with E-state index in [-0.39, 0.29) is 15.1 Å². The lowest BCUT2D eigenvalue weighted by Crippen LogP contribution is -1.94. The summed E-state index contributed by atoms with van der Waals surface area (Å²) in [5, 5.41) is 0. The monoisotopic (exact) mass is 198 g/mol. The van der Waals surface area contributed by atoms with Gasteiger partial charge < -0.3 is 9.05 Å². The van der Waals surface area contributed by atoms with Gasteiger partial charge >= 0.3 is 0 Å². The molecule has 13 heavy (non-hydrogen) atoms. The Labute approximate surface area is 81.2 Å². The van der Waals surface area contributed by atoms with Gasteiger partial charge in [0.1, 0.15) is 5.75 Å². The van der Waals surface area contributed by atoms with Gasteiger partial charge in [-0.15, -0.1) is 0 Å². The van der Waals surface area contributed by atoms with Crippen LogP contribution in [0.4, 0.5) is 0 Å². The van der Waals surface area contributed by atoms with E-state index in [0.29, 0.717) is 0 Å². The van der Waals surface area contributed by atoms with Crippen LogP contribution in [0.3, 0.4) is 0 Å². The Morgan fingerprint density at radius 1 is 1.31 bits per heavy atom. The maximum atomic E-state index is 5.40. The topological polar surface area (TPSA) is 18.5 Å². The predicted molar refractivity (Wildman–Crippen MR) is 56.3 cm³/mol. The molecule has 1 rings (SSSR count). The van der Waals surface area contributed by atoms with Gasteiger partial charge in [0.15, 0.2) is 0 Å². The molecule has 0 bridgehead atoms. The molecule has 2 nitrogen and oxygen atoms in total. The molecule has 0 amide bonds. The van der Waals surface area contributed by atoms with Crippen LogP contribution in [-0.2, 0) is 4.52 Å². The summed E-state index contributed by atoms with van der Waals surface area (Å²) in [5.74, 6) is 0.874. The summed E-state index contributed by atoms with van der Waals surface area (Å²) in [4.78, 5) is 0. The molecule has 3 heteroatoms. The Bertz CT molecular complexity index is 261. The smallest absolute Gasteiger partial charge is 0.215 e.